The lowest BCUT2D eigenvalue weighted by Crippen LogP contribution is -2.33. The summed E-state index contributed by atoms with van der Waals surface area (Å²) in [4.78, 5) is 16.4. The van der Waals surface area contributed by atoms with Gasteiger partial charge in [0.05, 0.1) is 17.5 Å². The number of amides is 1. The average Bonchev–Trinajstić information content (AvgIpc) is 3.20. The maximum atomic E-state index is 12.1. The molecule has 0 radical (unpaired) electrons. The quantitative estimate of drug-likeness (QED) is 0.790. The van der Waals surface area contributed by atoms with E-state index in [0.717, 1.165) is 35.7 Å². The van der Waals surface area contributed by atoms with Crippen LogP contribution in [0.3, 0.4) is 0 Å². The van der Waals surface area contributed by atoms with E-state index in [1.807, 2.05) is 29.0 Å². The summed E-state index contributed by atoms with van der Waals surface area (Å²) < 4.78 is 2.01. The molecule has 2 atom stereocenters. The molecule has 24 heavy (non-hydrogen) atoms. The van der Waals surface area contributed by atoms with Crippen molar-refractivity contribution in [1.82, 2.24) is 14.9 Å². The van der Waals surface area contributed by atoms with Crippen LogP contribution < -0.4 is 5.32 Å². The number of aliphatic hydroxyl groups excluding tert-OH is 1. The first-order chi connectivity index (χ1) is 11.6. The molecule has 0 spiro atoms. The highest BCUT2D eigenvalue weighted by molar-refractivity contribution is 7.99. The first kappa shape index (κ1) is 17.0. The first-order valence-electron chi connectivity index (χ1n) is 8.32. The summed E-state index contributed by atoms with van der Waals surface area (Å²) in [5.41, 5.74) is 2.24. The molecule has 1 aliphatic carbocycles. The van der Waals surface area contributed by atoms with Gasteiger partial charge in [-0.15, -0.1) is 0 Å². The maximum Gasteiger partial charge on any atom is 0.230 e. The topological polar surface area (TPSA) is 67.2 Å². The lowest BCUT2D eigenvalue weighted by molar-refractivity contribution is -0.118. The van der Waals surface area contributed by atoms with E-state index in [4.69, 9.17) is 0 Å². The van der Waals surface area contributed by atoms with Crippen LogP contribution in [0.4, 0.5) is 0 Å². The fourth-order valence-electron chi connectivity index (χ4n) is 3.10. The van der Waals surface area contributed by atoms with Crippen LogP contribution in [0.25, 0.3) is 5.69 Å². The number of nitrogens with one attached hydrogen (secondary N) is 1. The minimum atomic E-state index is -0.266. The van der Waals surface area contributed by atoms with Gasteiger partial charge in [0.15, 0.2) is 5.16 Å². The number of para-hydroxylation sites is 1. The molecule has 0 aliphatic heterocycles. The fraction of sp³-hybridized carbons (Fsp3) is 0.444. The van der Waals surface area contributed by atoms with Crippen LogP contribution in [0.1, 0.15) is 24.8 Å². The summed E-state index contributed by atoms with van der Waals surface area (Å²) in [6, 6.07) is 8.11. The third-order valence-electron chi connectivity index (χ3n) is 4.49. The summed E-state index contributed by atoms with van der Waals surface area (Å²) >= 11 is 1.43. The van der Waals surface area contributed by atoms with E-state index in [1.165, 1.54) is 11.8 Å². The number of rotatable bonds is 6. The SMILES string of the molecule is Cc1ccccc1-n1ccnc1SCC(=O)NCC1CCCC1O. The standard InChI is InChI=1S/C18H23N3O2S/c1-13-5-2-3-7-15(13)21-10-9-19-18(21)24-12-17(23)20-11-14-6-4-8-16(14)22/h2-3,5,7,9-10,14,16,22H,4,6,8,11-12H2,1H3,(H,20,23). The van der Waals surface area contributed by atoms with Crippen molar-refractivity contribution in [3.8, 4) is 5.69 Å². The van der Waals surface area contributed by atoms with Crippen molar-refractivity contribution in [2.45, 2.75) is 37.4 Å². The van der Waals surface area contributed by atoms with Gasteiger partial charge in [0.1, 0.15) is 0 Å². The molecule has 1 saturated carbocycles. The Kier molecular flexibility index (Phi) is 5.58. The number of carbonyl (C=O) groups is 1. The van der Waals surface area contributed by atoms with Crippen molar-refractivity contribution >= 4 is 17.7 Å². The van der Waals surface area contributed by atoms with E-state index in [-0.39, 0.29) is 17.9 Å². The minimum Gasteiger partial charge on any atom is -0.393 e. The summed E-state index contributed by atoms with van der Waals surface area (Å²) in [6.45, 7) is 2.62. The van der Waals surface area contributed by atoms with Gasteiger partial charge in [-0.05, 0) is 31.4 Å². The van der Waals surface area contributed by atoms with Gasteiger partial charge in [0, 0.05) is 24.9 Å². The number of imidazole rings is 1. The van der Waals surface area contributed by atoms with Crippen LogP contribution in [0, 0.1) is 12.8 Å². The lowest BCUT2D eigenvalue weighted by atomic mass is 10.1. The van der Waals surface area contributed by atoms with E-state index in [0.29, 0.717) is 12.3 Å². The molecule has 2 aromatic rings. The molecule has 6 heteroatoms. The zero-order valence-electron chi connectivity index (χ0n) is 13.8. The van der Waals surface area contributed by atoms with Gasteiger partial charge in [-0.2, -0.15) is 0 Å². The van der Waals surface area contributed by atoms with E-state index in [9.17, 15) is 9.90 Å². The third-order valence-corrected chi connectivity index (χ3v) is 5.46. The Morgan fingerprint density at radius 2 is 2.25 bits per heavy atom. The molecule has 3 rings (SSSR count). The number of aryl methyl sites for hydroxylation is 1. The molecule has 2 N–H and O–H groups in total. The number of thioether (sulfide) groups is 1. The molecule has 0 saturated heterocycles. The van der Waals surface area contributed by atoms with Crippen LogP contribution in [0.2, 0.25) is 0 Å². The summed E-state index contributed by atoms with van der Waals surface area (Å²) in [6.07, 6.45) is 6.29. The second-order valence-electron chi connectivity index (χ2n) is 6.22. The highest BCUT2D eigenvalue weighted by atomic mass is 32.2. The number of aliphatic hydroxyl groups is 1. The minimum absolute atomic E-state index is 0.0153. The van der Waals surface area contributed by atoms with Gasteiger partial charge in [-0.3, -0.25) is 9.36 Å². The predicted molar refractivity (Wildman–Crippen MR) is 95.4 cm³/mol. The molecule has 1 fully saturated rings. The monoisotopic (exact) mass is 345 g/mol. The molecule has 0 bridgehead atoms. The zero-order valence-corrected chi connectivity index (χ0v) is 14.6. The summed E-state index contributed by atoms with van der Waals surface area (Å²) in [7, 11) is 0. The van der Waals surface area contributed by atoms with Crippen molar-refractivity contribution in [1.29, 1.82) is 0 Å². The zero-order chi connectivity index (χ0) is 16.9. The van der Waals surface area contributed by atoms with Crippen molar-refractivity contribution in [3.63, 3.8) is 0 Å². The normalized spacial score (nSPS) is 20.2. The molecule has 1 heterocycles. The maximum absolute atomic E-state index is 12.1. The summed E-state index contributed by atoms with van der Waals surface area (Å²) in [5, 5.41) is 13.5. The van der Waals surface area contributed by atoms with Crippen molar-refractivity contribution in [2.24, 2.45) is 5.92 Å². The molecule has 1 aliphatic rings. The summed E-state index contributed by atoms with van der Waals surface area (Å²) in [5.74, 6) is 0.512. The van der Waals surface area contributed by atoms with Gasteiger partial charge >= 0.3 is 0 Å². The van der Waals surface area contributed by atoms with E-state index in [2.05, 4.69) is 23.3 Å². The molecule has 5 nitrogen and oxygen atoms in total. The van der Waals surface area contributed by atoms with Crippen LogP contribution in [-0.2, 0) is 4.79 Å². The first-order valence-corrected chi connectivity index (χ1v) is 9.30. The Balaban J connectivity index is 1.55. The Bertz CT molecular complexity index is 701. The molecule has 2 unspecified atom stereocenters. The van der Waals surface area contributed by atoms with Crippen LogP contribution in [0.15, 0.2) is 41.8 Å². The van der Waals surface area contributed by atoms with E-state index >= 15 is 0 Å². The Morgan fingerprint density at radius 1 is 1.42 bits per heavy atom. The molecule has 128 valence electrons. The lowest BCUT2D eigenvalue weighted by Gasteiger charge is -2.15. The molecule has 1 amide bonds. The van der Waals surface area contributed by atoms with Crippen molar-refractivity contribution in [3.05, 3.63) is 42.2 Å². The third kappa shape index (κ3) is 3.99. The predicted octanol–water partition coefficient (Wildman–Crippen LogP) is 2.55. The largest absolute Gasteiger partial charge is 0.393 e. The highest BCUT2D eigenvalue weighted by Gasteiger charge is 2.25. The molecule has 1 aromatic carbocycles. The average molecular weight is 345 g/mol. The van der Waals surface area contributed by atoms with Crippen LogP contribution in [0.5, 0.6) is 0 Å². The van der Waals surface area contributed by atoms with Gasteiger partial charge < -0.3 is 10.4 Å². The number of carbonyl (C=O) groups excluding carboxylic acids is 1. The number of aromatic nitrogens is 2. The van der Waals surface area contributed by atoms with Gasteiger partial charge in [-0.1, -0.05) is 36.4 Å². The number of benzene rings is 1. The van der Waals surface area contributed by atoms with Crippen molar-refractivity contribution < 1.29 is 9.90 Å². The number of hydrogen-bond donors (Lipinski definition) is 2. The Morgan fingerprint density at radius 3 is 3.00 bits per heavy atom. The highest BCUT2D eigenvalue weighted by Crippen LogP contribution is 2.25. The second kappa shape index (κ2) is 7.85. The van der Waals surface area contributed by atoms with Gasteiger partial charge in [0.25, 0.3) is 0 Å². The molecule has 1 aromatic heterocycles. The Hall–Kier alpha value is -1.79. The Labute approximate surface area is 146 Å². The number of hydrogen-bond acceptors (Lipinski definition) is 4. The van der Waals surface area contributed by atoms with Gasteiger partial charge in [0.2, 0.25) is 5.91 Å². The van der Waals surface area contributed by atoms with E-state index < -0.39 is 0 Å². The van der Waals surface area contributed by atoms with Gasteiger partial charge in [-0.25, -0.2) is 4.98 Å². The van der Waals surface area contributed by atoms with Crippen LogP contribution in [-0.4, -0.2) is 39.0 Å². The van der Waals surface area contributed by atoms with Crippen molar-refractivity contribution in [2.75, 3.05) is 12.3 Å². The van der Waals surface area contributed by atoms with Crippen LogP contribution >= 0.6 is 11.8 Å². The smallest absolute Gasteiger partial charge is 0.230 e. The molecular weight excluding hydrogens is 322 g/mol. The van der Waals surface area contributed by atoms with E-state index in [1.54, 1.807) is 6.20 Å². The second-order valence-corrected chi connectivity index (χ2v) is 7.16. The molecular formula is C18H23N3O2S. The number of nitrogens with zero attached hydrogens (tertiary/aromatic N) is 2. The fourth-order valence-corrected chi connectivity index (χ4v) is 3.89.